The summed E-state index contributed by atoms with van der Waals surface area (Å²) in [5.41, 5.74) is 0. The molecule has 0 saturated carbocycles. The van der Waals surface area contributed by atoms with Crippen molar-refractivity contribution in [1.82, 2.24) is 10.2 Å². The predicted molar refractivity (Wildman–Crippen MR) is 107 cm³/mol. The van der Waals surface area contributed by atoms with Crippen LogP contribution in [0.5, 0.6) is 0 Å². The monoisotopic (exact) mass is 385 g/mol. The summed E-state index contributed by atoms with van der Waals surface area (Å²) in [7, 11) is 0. The molecule has 3 saturated heterocycles. The molecule has 3 fully saturated rings. The van der Waals surface area contributed by atoms with Crippen LogP contribution < -0.4 is 5.32 Å². The third-order valence-corrected chi connectivity index (χ3v) is 7.32. The molecule has 0 aliphatic carbocycles. The Bertz CT molecular complexity index is 755. The van der Waals surface area contributed by atoms with E-state index in [0.717, 1.165) is 37.8 Å². The average molecular weight is 386 g/mol. The maximum absolute atomic E-state index is 6.14. The third kappa shape index (κ3) is 3.41. The van der Waals surface area contributed by atoms with Gasteiger partial charge in [-0.25, -0.2) is 0 Å². The van der Waals surface area contributed by atoms with E-state index >= 15 is 0 Å². The molecule has 2 aromatic heterocycles. The van der Waals surface area contributed by atoms with Crippen molar-refractivity contribution in [2.45, 2.75) is 44.4 Å². The summed E-state index contributed by atoms with van der Waals surface area (Å²) in [6.45, 7) is 5.09. The van der Waals surface area contributed by atoms with Gasteiger partial charge in [0.2, 0.25) is 0 Å². The number of nitrogens with zero attached hydrogens (tertiary/aromatic N) is 2. The lowest BCUT2D eigenvalue weighted by atomic mass is 9.82. The fourth-order valence-corrected chi connectivity index (χ4v) is 5.63. The van der Waals surface area contributed by atoms with Gasteiger partial charge in [-0.1, -0.05) is 6.07 Å². The average Bonchev–Trinajstić information content (AvgIpc) is 3.49. The van der Waals surface area contributed by atoms with E-state index < -0.39 is 0 Å². The van der Waals surface area contributed by atoms with E-state index in [1.54, 1.807) is 17.6 Å². The van der Waals surface area contributed by atoms with Gasteiger partial charge in [0.1, 0.15) is 5.76 Å². The van der Waals surface area contributed by atoms with E-state index in [0.29, 0.717) is 24.0 Å². The minimum atomic E-state index is 0.265. The molecule has 6 heteroatoms. The standard InChI is InChI=1S/C21H27N3O2S/c1-14(20-5-3-11-27-20)23-21(22-9-8-15-4-2-10-25-15)24-12-16-17(13-24)19-7-6-18(16)26-19/h2-5,10-11,14,16-19H,6-9,12-13H2,1H3,(H,22,23). The highest BCUT2D eigenvalue weighted by Crippen LogP contribution is 2.47. The summed E-state index contributed by atoms with van der Waals surface area (Å²) in [4.78, 5) is 8.78. The van der Waals surface area contributed by atoms with Crippen LogP contribution in [0.25, 0.3) is 0 Å². The summed E-state index contributed by atoms with van der Waals surface area (Å²) in [6.07, 6.45) is 6.00. The van der Waals surface area contributed by atoms with Crippen molar-refractivity contribution in [3.05, 3.63) is 46.5 Å². The van der Waals surface area contributed by atoms with Crippen molar-refractivity contribution >= 4 is 17.3 Å². The molecular formula is C21H27N3O2S. The number of furan rings is 1. The summed E-state index contributed by atoms with van der Waals surface area (Å²) in [5.74, 6) is 3.39. The lowest BCUT2D eigenvalue weighted by Gasteiger charge is -2.26. The van der Waals surface area contributed by atoms with E-state index in [1.807, 2.05) is 12.1 Å². The molecule has 5 rings (SSSR count). The third-order valence-electron chi connectivity index (χ3n) is 6.27. The van der Waals surface area contributed by atoms with Crippen LogP contribution in [0.2, 0.25) is 0 Å². The molecule has 5 unspecified atom stereocenters. The summed E-state index contributed by atoms with van der Waals surface area (Å²) in [6, 6.07) is 8.53. The SMILES string of the molecule is CC(NC(=NCCc1ccco1)N1CC2C3CCC(O3)C2C1)c1cccs1. The van der Waals surface area contributed by atoms with Crippen LogP contribution in [-0.2, 0) is 11.2 Å². The molecule has 0 amide bonds. The van der Waals surface area contributed by atoms with Gasteiger partial charge in [-0.15, -0.1) is 11.3 Å². The number of nitrogens with one attached hydrogen (secondary N) is 1. The molecule has 3 aliphatic rings. The first-order valence-electron chi connectivity index (χ1n) is 10.0. The van der Waals surface area contributed by atoms with Gasteiger partial charge in [0, 0.05) is 42.8 Å². The van der Waals surface area contributed by atoms with Crippen molar-refractivity contribution in [3.8, 4) is 0 Å². The summed E-state index contributed by atoms with van der Waals surface area (Å²) >= 11 is 1.79. The zero-order valence-corrected chi connectivity index (χ0v) is 16.5. The highest BCUT2D eigenvalue weighted by atomic mass is 32.1. The van der Waals surface area contributed by atoms with Crippen LogP contribution in [-0.4, -0.2) is 42.7 Å². The van der Waals surface area contributed by atoms with Gasteiger partial charge in [-0.3, -0.25) is 4.99 Å². The second kappa shape index (κ2) is 7.32. The fourth-order valence-electron chi connectivity index (χ4n) is 4.90. The van der Waals surface area contributed by atoms with Crippen LogP contribution in [0.4, 0.5) is 0 Å². The maximum Gasteiger partial charge on any atom is 0.194 e. The molecule has 2 aromatic rings. The molecule has 3 aliphatic heterocycles. The highest BCUT2D eigenvalue weighted by Gasteiger charge is 2.53. The van der Waals surface area contributed by atoms with Crippen LogP contribution in [0.3, 0.4) is 0 Å². The van der Waals surface area contributed by atoms with Crippen LogP contribution >= 0.6 is 11.3 Å². The highest BCUT2D eigenvalue weighted by molar-refractivity contribution is 7.10. The predicted octanol–water partition coefficient (Wildman–Crippen LogP) is 3.70. The second-order valence-electron chi connectivity index (χ2n) is 7.94. The molecule has 0 spiro atoms. The minimum Gasteiger partial charge on any atom is -0.469 e. The normalized spacial score (nSPS) is 30.7. The fraction of sp³-hybridized carbons (Fsp3) is 0.571. The maximum atomic E-state index is 6.14. The van der Waals surface area contributed by atoms with Crippen LogP contribution in [0.15, 0.2) is 45.3 Å². The van der Waals surface area contributed by atoms with Crippen LogP contribution in [0.1, 0.15) is 36.4 Å². The largest absolute Gasteiger partial charge is 0.469 e. The Labute approximate surface area is 164 Å². The Morgan fingerprint density at radius 2 is 2.07 bits per heavy atom. The van der Waals surface area contributed by atoms with Crippen molar-refractivity contribution in [2.75, 3.05) is 19.6 Å². The van der Waals surface area contributed by atoms with Crippen molar-refractivity contribution in [2.24, 2.45) is 16.8 Å². The number of thiophene rings is 1. The molecule has 5 heterocycles. The Hall–Kier alpha value is -1.79. The van der Waals surface area contributed by atoms with E-state index in [-0.39, 0.29) is 6.04 Å². The quantitative estimate of drug-likeness (QED) is 0.630. The zero-order valence-electron chi connectivity index (χ0n) is 15.7. The molecule has 2 bridgehead atoms. The smallest absolute Gasteiger partial charge is 0.194 e. The van der Waals surface area contributed by atoms with Crippen molar-refractivity contribution in [3.63, 3.8) is 0 Å². The summed E-state index contributed by atoms with van der Waals surface area (Å²) in [5, 5.41) is 5.83. The number of hydrogen-bond donors (Lipinski definition) is 1. The Balaban J connectivity index is 1.30. The van der Waals surface area contributed by atoms with Gasteiger partial charge in [0.05, 0.1) is 24.5 Å². The Morgan fingerprint density at radius 3 is 2.74 bits per heavy atom. The number of likely N-dealkylation sites (tertiary alicyclic amines) is 1. The van der Waals surface area contributed by atoms with Gasteiger partial charge in [-0.05, 0) is 43.3 Å². The van der Waals surface area contributed by atoms with Gasteiger partial charge >= 0.3 is 0 Å². The molecule has 1 N–H and O–H groups in total. The van der Waals surface area contributed by atoms with E-state index in [4.69, 9.17) is 14.1 Å². The minimum absolute atomic E-state index is 0.265. The van der Waals surface area contributed by atoms with Crippen molar-refractivity contribution in [1.29, 1.82) is 0 Å². The molecule has 27 heavy (non-hydrogen) atoms. The van der Waals surface area contributed by atoms with Gasteiger partial charge < -0.3 is 19.4 Å². The first-order chi connectivity index (χ1) is 13.3. The molecule has 0 radical (unpaired) electrons. The summed E-state index contributed by atoms with van der Waals surface area (Å²) < 4.78 is 11.6. The molecule has 144 valence electrons. The second-order valence-corrected chi connectivity index (χ2v) is 8.92. The number of aliphatic imine (C=N–C) groups is 1. The number of rotatable bonds is 5. The van der Waals surface area contributed by atoms with Gasteiger partial charge in [-0.2, -0.15) is 0 Å². The molecule has 0 aromatic carbocycles. The zero-order chi connectivity index (χ0) is 18.2. The first kappa shape index (κ1) is 17.3. The van der Waals surface area contributed by atoms with E-state index in [1.165, 1.54) is 17.7 Å². The number of fused-ring (bicyclic) bond motifs is 5. The topological polar surface area (TPSA) is 50.0 Å². The Morgan fingerprint density at radius 1 is 1.26 bits per heavy atom. The molecule has 5 atom stereocenters. The van der Waals surface area contributed by atoms with E-state index in [2.05, 4.69) is 34.7 Å². The number of hydrogen-bond acceptors (Lipinski definition) is 4. The van der Waals surface area contributed by atoms with Crippen LogP contribution in [0, 0.1) is 11.8 Å². The van der Waals surface area contributed by atoms with E-state index in [9.17, 15) is 0 Å². The lowest BCUT2D eigenvalue weighted by Crippen LogP contribution is -2.42. The first-order valence-corrected chi connectivity index (χ1v) is 10.9. The van der Waals surface area contributed by atoms with Gasteiger partial charge in [0.25, 0.3) is 0 Å². The molecular weight excluding hydrogens is 358 g/mol. The number of ether oxygens (including phenoxy) is 1. The van der Waals surface area contributed by atoms with Gasteiger partial charge in [0.15, 0.2) is 5.96 Å². The molecule has 5 nitrogen and oxygen atoms in total. The van der Waals surface area contributed by atoms with Crippen molar-refractivity contribution < 1.29 is 9.15 Å². The lowest BCUT2D eigenvalue weighted by molar-refractivity contribution is 0.0766. The number of guanidine groups is 1. The Kier molecular flexibility index (Phi) is 4.70.